The summed E-state index contributed by atoms with van der Waals surface area (Å²) >= 11 is 0. The van der Waals surface area contributed by atoms with Crippen molar-refractivity contribution in [1.82, 2.24) is 24.1 Å². The van der Waals surface area contributed by atoms with E-state index in [1.54, 1.807) is 0 Å². The molecule has 5 heteroatoms. The topological polar surface area (TPSA) is 48.5 Å². The smallest absolute Gasteiger partial charge is 0.164 e. The molecule has 0 spiro atoms. The second kappa shape index (κ2) is 13.0. The zero-order valence-electron chi connectivity index (χ0n) is 30.3. The Labute approximate surface area is 323 Å². The Morgan fingerprint density at radius 2 is 0.786 bits per heavy atom. The van der Waals surface area contributed by atoms with Gasteiger partial charge >= 0.3 is 0 Å². The van der Waals surface area contributed by atoms with Crippen LogP contribution in [0.15, 0.2) is 200 Å². The van der Waals surface area contributed by atoms with Crippen LogP contribution in [0.3, 0.4) is 0 Å². The highest BCUT2D eigenvalue weighted by atomic mass is 15.0. The van der Waals surface area contributed by atoms with Crippen LogP contribution in [0.5, 0.6) is 0 Å². The predicted molar refractivity (Wildman–Crippen MR) is 230 cm³/mol. The van der Waals surface area contributed by atoms with Crippen molar-refractivity contribution in [2.75, 3.05) is 0 Å². The van der Waals surface area contributed by atoms with Crippen LogP contribution in [0.1, 0.15) is 0 Å². The molecule has 0 N–H and O–H groups in total. The van der Waals surface area contributed by atoms with E-state index in [2.05, 4.69) is 149 Å². The second-order valence-corrected chi connectivity index (χ2v) is 14.1. The minimum atomic E-state index is 0.635. The normalized spacial score (nSPS) is 11.6. The van der Waals surface area contributed by atoms with Gasteiger partial charge in [0.05, 0.1) is 22.1 Å². The lowest BCUT2D eigenvalue weighted by Gasteiger charge is -2.12. The van der Waals surface area contributed by atoms with Crippen LogP contribution in [0.2, 0.25) is 0 Å². The molecule has 56 heavy (non-hydrogen) atoms. The Bertz CT molecular complexity index is 3160. The lowest BCUT2D eigenvalue weighted by Crippen LogP contribution is -2.00. The summed E-state index contributed by atoms with van der Waals surface area (Å²) in [6, 6.07) is 70.4. The molecule has 3 aromatic heterocycles. The van der Waals surface area contributed by atoms with Crippen molar-refractivity contribution < 1.29 is 0 Å². The molecular formula is C51H33N5. The molecule has 0 bridgehead atoms. The quantitative estimate of drug-likeness (QED) is 0.172. The molecule has 0 unspecified atom stereocenters. The van der Waals surface area contributed by atoms with Crippen LogP contribution in [0.4, 0.5) is 0 Å². The van der Waals surface area contributed by atoms with Gasteiger partial charge in [-0.3, -0.25) is 0 Å². The van der Waals surface area contributed by atoms with E-state index in [-0.39, 0.29) is 0 Å². The first kappa shape index (κ1) is 31.9. The molecule has 0 atom stereocenters. The average molecular weight is 716 g/mol. The number of rotatable bonds is 6. The Kier molecular flexibility index (Phi) is 7.42. The Morgan fingerprint density at radius 3 is 1.41 bits per heavy atom. The van der Waals surface area contributed by atoms with Gasteiger partial charge in [-0.05, 0) is 65.7 Å². The number of hydrogen-bond acceptors (Lipinski definition) is 3. The Hall–Kier alpha value is -7.63. The maximum Gasteiger partial charge on any atom is 0.164 e. The van der Waals surface area contributed by atoms with Crippen LogP contribution < -0.4 is 0 Å². The van der Waals surface area contributed by atoms with Gasteiger partial charge in [-0.25, -0.2) is 15.0 Å². The zero-order chi connectivity index (χ0) is 37.0. The van der Waals surface area contributed by atoms with E-state index in [1.807, 2.05) is 60.7 Å². The van der Waals surface area contributed by atoms with Crippen molar-refractivity contribution in [1.29, 1.82) is 0 Å². The van der Waals surface area contributed by atoms with Crippen molar-refractivity contribution in [3.05, 3.63) is 200 Å². The average Bonchev–Trinajstić information content (AvgIpc) is 3.80. The molecule has 11 rings (SSSR count). The highest BCUT2D eigenvalue weighted by molar-refractivity contribution is 6.26. The number of hydrogen-bond donors (Lipinski definition) is 0. The Morgan fingerprint density at radius 1 is 0.286 bits per heavy atom. The largest absolute Gasteiger partial charge is 0.309 e. The van der Waals surface area contributed by atoms with Crippen molar-refractivity contribution in [3.8, 4) is 56.7 Å². The third kappa shape index (κ3) is 5.21. The Balaban J connectivity index is 1.10. The van der Waals surface area contributed by atoms with Crippen LogP contribution >= 0.6 is 0 Å². The van der Waals surface area contributed by atoms with E-state index in [4.69, 9.17) is 15.0 Å². The number of nitrogens with zero attached hydrogens (tertiary/aromatic N) is 5. The molecule has 5 nitrogen and oxygen atoms in total. The third-order valence-corrected chi connectivity index (χ3v) is 10.8. The molecule has 0 radical (unpaired) electrons. The van der Waals surface area contributed by atoms with E-state index in [0.29, 0.717) is 17.5 Å². The molecule has 8 aromatic carbocycles. The van der Waals surface area contributed by atoms with E-state index in [1.165, 1.54) is 43.7 Å². The van der Waals surface area contributed by atoms with Crippen LogP contribution in [0.25, 0.3) is 100 Å². The van der Waals surface area contributed by atoms with Gasteiger partial charge in [0.25, 0.3) is 0 Å². The molecule has 0 aliphatic heterocycles. The first-order chi connectivity index (χ1) is 27.8. The highest BCUT2D eigenvalue weighted by Gasteiger charge is 2.21. The van der Waals surface area contributed by atoms with E-state index in [9.17, 15) is 0 Å². The minimum Gasteiger partial charge on any atom is -0.309 e. The molecule has 262 valence electrons. The molecule has 0 aliphatic rings. The van der Waals surface area contributed by atoms with Crippen molar-refractivity contribution in [3.63, 3.8) is 0 Å². The molecule has 0 aliphatic carbocycles. The van der Waals surface area contributed by atoms with Crippen LogP contribution in [0, 0.1) is 0 Å². The lowest BCUT2D eigenvalue weighted by molar-refractivity contribution is 1.07. The fourth-order valence-electron chi connectivity index (χ4n) is 8.21. The summed E-state index contributed by atoms with van der Waals surface area (Å²) in [6.07, 6.45) is 0. The molecule has 3 heterocycles. The van der Waals surface area contributed by atoms with Gasteiger partial charge in [-0.1, -0.05) is 146 Å². The fourth-order valence-corrected chi connectivity index (χ4v) is 8.21. The summed E-state index contributed by atoms with van der Waals surface area (Å²) in [5.41, 5.74) is 12.1. The number of benzene rings is 8. The van der Waals surface area contributed by atoms with Crippen LogP contribution in [-0.2, 0) is 0 Å². The summed E-state index contributed by atoms with van der Waals surface area (Å²) in [4.78, 5) is 14.8. The van der Waals surface area contributed by atoms with Crippen LogP contribution in [-0.4, -0.2) is 24.1 Å². The zero-order valence-corrected chi connectivity index (χ0v) is 30.3. The number of para-hydroxylation sites is 2. The van der Waals surface area contributed by atoms with Gasteiger partial charge in [0.15, 0.2) is 17.5 Å². The van der Waals surface area contributed by atoms with Gasteiger partial charge in [-0.2, -0.15) is 0 Å². The van der Waals surface area contributed by atoms with Gasteiger partial charge in [0.2, 0.25) is 0 Å². The molecule has 0 saturated carbocycles. The fraction of sp³-hybridized carbons (Fsp3) is 0. The van der Waals surface area contributed by atoms with Gasteiger partial charge in [0, 0.05) is 49.6 Å². The van der Waals surface area contributed by atoms with Gasteiger partial charge in [0.1, 0.15) is 0 Å². The summed E-state index contributed by atoms with van der Waals surface area (Å²) in [5, 5.41) is 4.89. The third-order valence-electron chi connectivity index (χ3n) is 10.8. The monoisotopic (exact) mass is 715 g/mol. The second-order valence-electron chi connectivity index (χ2n) is 14.1. The summed E-state index contributed by atoms with van der Waals surface area (Å²) in [5.74, 6) is 1.93. The number of fused-ring (bicyclic) bond motifs is 7. The van der Waals surface area contributed by atoms with Crippen molar-refractivity contribution in [2.24, 2.45) is 0 Å². The summed E-state index contributed by atoms with van der Waals surface area (Å²) in [7, 11) is 0. The standard InChI is InChI=1S/C51H33N5/c1-4-15-34(16-5-1)38-21-14-22-40(33-38)56-44-25-12-10-23-41(44)42-31-32-46-47(48(42)56)43-24-11-13-26-45(43)55(46)39-29-27-37(28-30-39)51-53-49(35-17-6-2-7-18-35)52-50(54-51)36-19-8-3-9-20-36/h1-33H. The van der Waals surface area contributed by atoms with E-state index < -0.39 is 0 Å². The maximum atomic E-state index is 4.98. The molecule has 0 saturated heterocycles. The van der Waals surface area contributed by atoms with Gasteiger partial charge < -0.3 is 9.13 Å². The maximum absolute atomic E-state index is 4.98. The van der Waals surface area contributed by atoms with Gasteiger partial charge in [-0.15, -0.1) is 0 Å². The summed E-state index contributed by atoms with van der Waals surface area (Å²) < 4.78 is 4.84. The van der Waals surface area contributed by atoms with Crippen molar-refractivity contribution >= 4 is 43.6 Å². The first-order valence-corrected chi connectivity index (χ1v) is 18.9. The number of aromatic nitrogens is 5. The molecular weight excluding hydrogens is 683 g/mol. The van der Waals surface area contributed by atoms with E-state index >= 15 is 0 Å². The minimum absolute atomic E-state index is 0.635. The predicted octanol–water partition coefficient (Wildman–Crippen LogP) is 12.7. The first-order valence-electron chi connectivity index (χ1n) is 18.9. The molecule has 0 amide bonds. The van der Waals surface area contributed by atoms with E-state index in [0.717, 1.165) is 39.1 Å². The highest BCUT2D eigenvalue weighted by Crippen LogP contribution is 2.42. The summed E-state index contributed by atoms with van der Waals surface area (Å²) in [6.45, 7) is 0. The lowest BCUT2D eigenvalue weighted by atomic mass is 10.0. The SMILES string of the molecule is c1ccc(-c2cccc(-n3c4ccccc4c4ccc5c(c6ccccc6n5-c5ccc(-c6nc(-c7ccccc7)nc(-c7ccccc7)n6)cc5)c43)c2)cc1. The molecule has 11 aromatic rings. The molecule has 0 fully saturated rings. The van der Waals surface area contributed by atoms with Crippen molar-refractivity contribution in [2.45, 2.75) is 0 Å².